The van der Waals surface area contributed by atoms with Gasteiger partial charge in [0, 0.05) is 17.1 Å². The van der Waals surface area contributed by atoms with Gasteiger partial charge >= 0.3 is 0 Å². The second kappa shape index (κ2) is 4.82. The number of hydrogen-bond acceptors (Lipinski definition) is 2. The van der Waals surface area contributed by atoms with Crippen LogP contribution in [0.4, 0.5) is 5.69 Å². The molecule has 2 N–H and O–H groups in total. The average molecular weight is 210 g/mol. The Morgan fingerprint density at radius 2 is 2.29 bits per heavy atom. The highest BCUT2D eigenvalue weighted by molar-refractivity contribution is 6.19. The van der Waals surface area contributed by atoms with Crippen LogP contribution in [-0.2, 0) is 0 Å². The zero-order valence-electron chi connectivity index (χ0n) is 7.96. The molecule has 0 fully saturated rings. The Kier molecular flexibility index (Phi) is 3.72. The lowest BCUT2D eigenvalue weighted by molar-refractivity contribution is 0.101. The Morgan fingerprint density at radius 3 is 2.79 bits per heavy atom. The number of benzene rings is 1. The highest BCUT2D eigenvalue weighted by Gasteiger charge is 2.01. The molecule has 0 aliphatic carbocycles. The van der Waals surface area contributed by atoms with Crippen molar-refractivity contribution < 1.29 is 4.79 Å². The first-order chi connectivity index (χ1) is 6.65. The lowest BCUT2D eigenvalue weighted by Gasteiger charge is -2.02. The summed E-state index contributed by atoms with van der Waals surface area (Å²) in [6.07, 6.45) is 3.65. The standard InChI is InChI=1S/C11H12ClNO/c1-8(14)10-5-4-9(3-2-6-12)11(13)7-10/h2-5,7H,6,13H2,1H3. The maximum absolute atomic E-state index is 11.0. The molecule has 0 atom stereocenters. The SMILES string of the molecule is CC(=O)c1ccc(C=CCCl)c(N)c1. The molecule has 0 aliphatic heterocycles. The van der Waals surface area contributed by atoms with E-state index in [0.717, 1.165) is 5.56 Å². The lowest BCUT2D eigenvalue weighted by Crippen LogP contribution is -1.96. The molecule has 0 bridgehead atoms. The van der Waals surface area contributed by atoms with E-state index in [-0.39, 0.29) is 5.78 Å². The second-order valence-corrected chi connectivity index (χ2v) is 3.27. The topological polar surface area (TPSA) is 43.1 Å². The van der Waals surface area contributed by atoms with E-state index < -0.39 is 0 Å². The Bertz CT molecular complexity index is 372. The number of allylic oxidation sites excluding steroid dienone is 1. The quantitative estimate of drug-likeness (QED) is 0.473. The van der Waals surface area contributed by atoms with Crippen molar-refractivity contribution in [3.63, 3.8) is 0 Å². The molecule has 1 rings (SSSR count). The fourth-order valence-electron chi connectivity index (χ4n) is 1.12. The molecule has 0 amide bonds. The van der Waals surface area contributed by atoms with Gasteiger partial charge in [0.2, 0.25) is 0 Å². The summed E-state index contributed by atoms with van der Waals surface area (Å²) in [7, 11) is 0. The summed E-state index contributed by atoms with van der Waals surface area (Å²) in [5.74, 6) is 0.470. The van der Waals surface area contributed by atoms with Gasteiger partial charge in [-0.2, -0.15) is 0 Å². The number of halogens is 1. The Labute approximate surface area is 88.4 Å². The molecular formula is C11H12ClNO. The van der Waals surface area contributed by atoms with Gasteiger partial charge in [-0.3, -0.25) is 4.79 Å². The normalized spacial score (nSPS) is 10.7. The van der Waals surface area contributed by atoms with Gasteiger partial charge in [-0.15, -0.1) is 11.6 Å². The van der Waals surface area contributed by atoms with E-state index in [9.17, 15) is 4.79 Å². The first-order valence-corrected chi connectivity index (χ1v) is 4.81. The highest BCUT2D eigenvalue weighted by atomic mass is 35.5. The van der Waals surface area contributed by atoms with Crippen molar-refractivity contribution in [2.24, 2.45) is 0 Å². The van der Waals surface area contributed by atoms with E-state index in [2.05, 4.69) is 0 Å². The molecule has 0 radical (unpaired) electrons. The first-order valence-electron chi connectivity index (χ1n) is 4.28. The fourth-order valence-corrected chi connectivity index (χ4v) is 1.21. The van der Waals surface area contributed by atoms with Crippen LogP contribution in [0.3, 0.4) is 0 Å². The predicted molar refractivity (Wildman–Crippen MR) is 60.6 cm³/mol. The van der Waals surface area contributed by atoms with Crippen molar-refractivity contribution >= 4 is 29.1 Å². The summed E-state index contributed by atoms with van der Waals surface area (Å²) < 4.78 is 0. The number of carbonyl (C=O) groups excluding carboxylic acids is 1. The summed E-state index contributed by atoms with van der Waals surface area (Å²) in [5, 5.41) is 0. The molecule has 0 heterocycles. The summed E-state index contributed by atoms with van der Waals surface area (Å²) in [4.78, 5) is 11.0. The predicted octanol–water partition coefficient (Wildman–Crippen LogP) is 2.72. The van der Waals surface area contributed by atoms with E-state index in [1.54, 1.807) is 18.2 Å². The van der Waals surface area contributed by atoms with Gasteiger partial charge < -0.3 is 5.73 Å². The number of Topliss-reactive ketones (excluding diaryl/α,β-unsaturated/α-hetero) is 1. The van der Waals surface area contributed by atoms with Crippen molar-refractivity contribution in [2.45, 2.75) is 6.92 Å². The molecule has 0 unspecified atom stereocenters. The van der Waals surface area contributed by atoms with Crippen molar-refractivity contribution in [2.75, 3.05) is 11.6 Å². The summed E-state index contributed by atoms with van der Waals surface area (Å²) in [5.41, 5.74) is 7.86. The van der Waals surface area contributed by atoms with Crippen molar-refractivity contribution in [1.82, 2.24) is 0 Å². The Hall–Kier alpha value is -1.28. The van der Waals surface area contributed by atoms with Crippen molar-refractivity contribution in [1.29, 1.82) is 0 Å². The summed E-state index contributed by atoms with van der Waals surface area (Å²) >= 11 is 5.50. The van der Waals surface area contributed by atoms with Crippen LogP contribution in [0.1, 0.15) is 22.8 Å². The first kappa shape index (κ1) is 10.8. The largest absolute Gasteiger partial charge is 0.398 e. The molecule has 0 saturated heterocycles. The van der Waals surface area contributed by atoms with Crippen LogP contribution < -0.4 is 5.73 Å². The molecular weight excluding hydrogens is 198 g/mol. The van der Waals surface area contributed by atoms with Crippen LogP contribution in [0.2, 0.25) is 0 Å². The number of ketones is 1. The fraction of sp³-hybridized carbons (Fsp3) is 0.182. The second-order valence-electron chi connectivity index (χ2n) is 2.96. The van der Waals surface area contributed by atoms with Crippen molar-refractivity contribution in [3.8, 4) is 0 Å². The van der Waals surface area contributed by atoms with E-state index in [4.69, 9.17) is 17.3 Å². The zero-order chi connectivity index (χ0) is 10.6. The average Bonchev–Trinajstić information content (AvgIpc) is 2.15. The minimum absolute atomic E-state index is 0.0181. The molecule has 1 aromatic rings. The number of carbonyl (C=O) groups is 1. The number of anilines is 1. The van der Waals surface area contributed by atoms with Crippen LogP contribution in [-0.4, -0.2) is 11.7 Å². The monoisotopic (exact) mass is 209 g/mol. The van der Waals surface area contributed by atoms with Crippen LogP contribution in [0.15, 0.2) is 24.3 Å². The molecule has 0 spiro atoms. The lowest BCUT2D eigenvalue weighted by atomic mass is 10.1. The van der Waals surface area contributed by atoms with E-state index in [0.29, 0.717) is 17.1 Å². The van der Waals surface area contributed by atoms with Gasteiger partial charge in [0.25, 0.3) is 0 Å². The van der Waals surface area contributed by atoms with Gasteiger partial charge in [0.05, 0.1) is 0 Å². The Morgan fingerprint density at radius 1 is 1.57 bits per heavy atom. The number of hydrogen-bond donors (Lipinski definition) is 1. The maximum Gasteiger partial charge on any atom is 0.159 e. The van der Waals surface area contributed by atoms with E-state index in [1.807, 2.05) is 12.1 Å². The number of rotatable bonds is 3. The number of alkyl halides is 1. The third-order valence-electron chi connectivity index (χ3n) is 1.88. The molecule has 1 aromatic carbocycles. The Balaban J connectivity index is 3.01. The van der Waals surface area contributed by atoms with E-state index >= 15 is 0 Å². The van der Waals surface area contributed by atoms with Crippen molar-refractivity contribution in [3.05, 3.63) is 35.4 Å². The molecule has 0 aromatic heterocycles. The van der Waals surface area contributed by atoms with Gasteiger partial charge in [0.1, 0.15) is 0 Å². The van der Waals surface area contributed by atoms with Crippen LogP contribution in [0, 0.1) is 0 Å². The minimum Gasteiger partial charge on any atom is -0.398 e. The number of nitrogens with two attached hydrogens (primary N) is 1. The van der Waals surface area contributed by atoms with Crippen LogP contribution in [0.25, 0.3) is 6.08 Å². The zero-order valence-corrected chi connectivity index (χ0v) is 8.71. The summed E-state index contributed by atoms with van der Waals surface area (Å²) in [6, 6.07) is 5.25. The van der Waals surface area contributed by atoms with E-state index in [1.165, 1.54) is 6.92 Å². The molecule has 74 valence electrons. The third-order valence-corrected chi connectivity index (χ3v) is 2.06. The van der Waals surface area contributed by atoms with Crippen LogP contribution in [0.5, 0.6) is 0 Å². The maximum atomic E-state index is 11.0. The smallest absolute Gasteiger partial charge is 0.159 e. The molecule has 2 nitrogen and oxygen atoms in total. The molecule has 3 heteroatoms. The van der Waals surface area contributed by atoms with Gasteiger partial charge in [-0.1, -0.05) is 24.3 Å². The molecule has 0 aliphatic rings. The third kappa shape index (κ3) is 2.60. The molecule has 14 heavy (non-hydrogen) atoms. The van der Waals surface area contributed by atoms with Gasteiger partial charge in [-0.25, -0.2) is 0 Å². The minimum atomic E-state index is 0.0181. The van der Waals surface area contributed by atoms with Gasteiger partial charge in [0.15, 0.2) is 5.78 Å². The number of nitrogen functional groups attached to an aromatic ring is 1. The highest BCUT2D eigenvalue weighted by Crippen LogP contribution is 2.16. The van der Waals surface area contributed by atoms with Crippen LogP contribution >= 0.6 is 11.6 Å². The summed E-state index contributed by atoms with van der Waals surface area (Å²) in [6.45, 7) is 1.52. The van der Waals surface area contributed by atoms with Gasteiger partial charge in [-0.05, 0) is 18.6 Å². The molecule has 0 saturated carbocycles.